The van der Waals surface area contributed by atoms with Crippen molar-refractivity contribution < 1.29 is 13.2 Å². The molecule has 0 atom stereocenters. The molecule has 0 amide bonds. The summed E-state index contributed by atoms with van der Waals surface area (Å²) in [5.74, 6) is 0. The number of alkyl halides is 3. The summed E-state index contributed by atoms with van der Waals surface area (Å²) in [6.45, 7) is 1.74. The van der Waals surface area contributed by atoms with Gasteiger partial charge in [0.25, 0.3) is 0 Å². The lowest BCUT2D eigenvalue weighted by Crippen LogP contribution is -2.12. The number of nitrogens with zero attached hydrogens (tertiary/aromatic N) is 1. The van der Waals surface area contributed by atoms with E-state index in [1.54, 1.807) is 13.0 Å². The molecule has 0 aliphatic rings. The molecule has 0 spiro atoms. The zero-order valence-corrected chi connectivity index (χ0v) is 6.52. The van der Waals surface area contributed by atoms with Crippen LogP contribution in [0.25, 0.3) is 0 Å². The summed E-state index contributed by atoms with van der Waals surface area (Å²) in [7, 11) is 0. The predicted octanol–water partition coefficient (Wildman–Crippen LogP) is 2.49. The van der Waals surface area contributed by atoms with Crippen LogP contribution >= 0.6 is 0 Å². The maximum Gasteiger partial charge on any atom is 0.394 e. The first kappa shape index (κ1) is 9.03. The molecule has 4 heteroatoms. The fourth-order valence-corrected chi connectivity index (χ4v) is 0.901. The minimum atomic E-state index is -4.17. The van der Waals surface area contributed by atoms with Crippen LogP contribution in [0.2, 0.25) is 0 Å². The Morgan fingerprint density at radius 2 is 2.08 bits per heavy atom. The van der Waals surface area contributed by atoms with Crippen LogP contribution in [-0.4, -0.2) is 11.2 Å². The van der Waals surface area contributed by atoms with Crippen molar-refractivity contribution in [1.82, 2.24) is 4.98 Å². The summed E-state index contributed by atoms with van der Waals surface area (Å²) in [6, 6.07) is 3.10. The van der Waals surface area contributed by atoms with E-state index in [0.717, 1.165) is 5.56 Å². The summed E-state index contributed by atoms with van der Waals surface area (Å²) in [4.78, 5) is 3.60. The monoisotopic (exact) mass is 175 g/mol. The second-order valence-corrected chi connectivity index (χ2v) is 2.62. The lowest BCUT2D eigenvalue weighted by Gasteiger charge is -2.05. The standard InChI is InChI=1S/C8H8F3N/c1-6-2-3-12-7(4-6)5-8(9,10)11/h2-4H,5H2,1H3. The zero-order chi connectivity index (χ0) is 9.19. The number of halogens is 3. The minimum absolute atomic E-state index is 0.0718. The third-order valence-electron chi connectivity index (χ3n) is 1.35. The Hall–Kier alpha value is -1.06. The fourth-order valence-electron chi connectivity index (χ4n) is 0.901. The van der Waals surface area contributed by atoms with Crippen LogP contribution in [-0.2, 0) is 6.42 Å². The van der Waals surface area contributed by atoms with E-state index in [1.165, 1.54) is 12.3 Å². The van der Waals surface area contributed by atoms with Crippen LogP contribution in [0.3, 0.4) is 0 Å². The third-order valence-corrected chi connectivity index (χ3v) is 1.35. The van der Waals surface area contributed by atoms with Crippen molar-refractivity contribution in [1.29, 1.82) is 0 Å². The average molecular weight is 175 g/mol. The number of hydrogen-bond acceptors (Lipinski definition) is 1. The van der Waals surface area contributed by atoms with Crippen molar-refractivity contribution in [2.45, 2.75) is 19.5 Å². The Morgan fingerprint density at radius 1 is 1.42 bits per heavy atom. The van der Waals surface area contributed by atoms with Crippen LogP contribution in [0.5, 0.6) is 0 Å². The average Bonchev–Trinajstić information content (AvgIpc) is 1.82. The van der Waals surface area contributed by atoms with Crippen molar-refractivity contribution in [3.05, 3.63) is 29.6 Å². The highest BCUT2D eigenvalue weighted by molar-refractivity contribution is 5.14. The largest absolute Gasteiger partial charge is 0.394 e. The topological polar surface area (TPSA) is 12.9 Å². The molecule has 0 unspecified atom stereocenters. The van der Waals surface area contributed by atoms with Crippen LogP contribution in [0, 0.1) is 6.92 Å². The van der Waals surface area contributed by atoms with Crippen molar-refractivity contribution in [3.63, 3.8) is 0 Å². The number of rotatable bonds is 1. The van der Waals surface area contributed by atoms with Crippen molar-refractivity contribution in [3.8, 4) is 0 Å². The van der Waals surface area contributed by atoms with E-state index in [4.69, 9.17) is 0 Å². The lowest BCUT2D eigenvalue weighted by atomic mass is 10.2. The predicted molar refractivity (Wildman–Crippen MR) is 38.7 cm³/mol. The first-order valence-corrected chi connectivity index (χ1v) is 3.46. The first-order chi connectivity index (χ1) is 5.47. The van der Waals surface area contributed by atoms with Gasteiger partial charge in [0.15, 0.2) is 0 Å². The van der Waals surface area contributed by atoms with Crippen LogP contribution in [0.1, 0.15) is 11.3 Å². The van der Waals surface area contributed by atoms with Gasteiger partial charge >= 0.3 is 6.18 Å². The summed E-state index contributed by atoms with van der Waals surface area (Å²) >= 11 is 0. The maximum absolute atomic E-state index is 11.8. The van der Waals surface area contributed by atoms with E-state index in [9.17, 15) is 13.2 Å². The molecule has 0 fully saturated rings. The van der Waals surface area contributed by atoms with Crippen molar-refractivity contribution >= 4 is 0 Å². The molecule has 0 aromatic carbocycles. The van der Waals surface area contributed by atoms with Gasteiger partial charge in [0.05, 0.1) is 6.42 Å². The number of pyridine rings is 1. The van der Waals surface area contributed by atoms with E-state index in [0.29, 0.717) is 0 Å². The van der Waals surface area contributed by atoms with Gasteiger partial charge in [-0.2, -0.15) is 13.2 Å². The van der Waals surface area contributed by atoms with Crippen molar-refractivity contribution in [2.24, 2.45) is 0 Å². The molecule has 0 saturated heterocycles. The van der Waals surface area contributed by atoms with Gasteiger partial charge in [0.2, 0.25) is 0 Å². The quantitative estimate of drug-likeness (QED) is 0.639. The molecule has 1 aromatic rings. The summed E-state index contributed by atoms with van der Waals surface area (Å²) in [5.41, 5.74) is 0.867. The van der Waals surface area contributed by atoms with Gasteiger partial charge in [-0.1, -0.05) is 0 Å². The van der Waals surface area contributed by atoms with Gasteiger partial charge in [-0.3, -0.25) is 4.98 Å². The molecular weight excluding hydrogens is 167 g/mol. The van der Waals surface area contributed by atoms with Gasteiger partial charge in [0, 0.05) is 11.9 Å². The molecule has 0 aliphatic carbocycles. The smallest absolute Gasteiger partial charge is 0.261 e. The van der Waals surface area contributed by atoms with Crippen LogP contribution < -0.4 is 0 Å². The molecule has 0 saturated carbocycles. The van der Waals surface area contributed by atoms with Gasteiger partial charge in [-0.15, -0.1) is 0 Å². The number of hydrogen-bond donors (Lipinski definition) is 0. The summed E-state index contributed by atoms with van der Waals surface area (Å²) in [6.07, 6.45) is -3.73. The summed E-state index contributed by atoms with van der Waals surface area (Å²) in [5, 5.41) is 0. The van der Waals surface area contributed by atoms with Crippen LogP contribution in [0.15, 0.2) is 18.3 Å². The van der Waals surface area contributed by atoms with E-state index >= 15 is 0 Å². The Morgan fingerprint density at radius 3 is 2.58 bits per heavy atom. The molecule has 0 aliphatic heterocycles. The normalized spacial score (nSPS) is 11.7. The molecule has 1 aromatic heterocycles. The molecule has 0 N–H and O–H groups in total. The second kappa shape index (κ2) is 3.13. The Labute approximate surface area is 68.2 Å². The Bertz CT molecular complexity index is 267. The molecule has 0 radical (unpaired) electrons. The Kier molecular flexibility index (Phi) is 2.35. The number of aromatic nitrogens is 1. The third kappa shape index (κ3) is 2.90. The maximum atomic E-state index is 11.8. The minimum Gasteiger partial charge on any atom is -0.261 e. The van der Waals surface area contributed by atoms with E-state index in [-0.39, 0.29) is 5.69 Å². The first-order valence-electron chi connectivity index (χ1n) is 3.46. The van der Waals surface area contributed by atoms with Gasteiger partial charge < -0.3 is 0 Å². The van der Waals surface area contributed by atoms with Gasteiger partial charge in [-0.05, 0) is 24.6 Å². The SMILES string of the molecule is Cc1ccnc(CC(F)(F)F)c1. The van der Waals surface area contributed by atoms with Gasteiger partial charge in [-0.25, -0.2) is 0 Å². The molecule has 66 valence electrons. The van der Waals surface area contributed by atoms with E-state index < -0.39 is 12.6 Å². The van der Waals surface area contributed by atoms with Gasteiger partial charge in [0.1, 0.15) is 0 Å². The van der Waals surface area contributed by atoms with E-state index in [2.05, 4.69) is 4.98 Å². The second-order valence-electron chi connectivity index (χ2n) is 2.62. The highest BCUT2D eigenvalue weighted by atomic mass is 19.4. The van der Waals surface area contributed by atoms with E-state index in [1.807, 2.05) is 0 Å². The zero-order valence-electron chi connectivity index (χ0n) is 6.52. The molecule has 0 bridgehead atoms. The molecule has 1 nitrogen and oxygen atoms in total. The molecular formula is C8H8F3N. The molecule has 1 heterocycles. The fraction of sp³-hybridized carbons (Fsp3) is 0.375. The molecule has 1 rings (SSSR count). The Balaban J connectivity index is 2.77. The summed E-state index contributed by atoms with van der Waals surface area (Å²) < 4.78 is 35.5. The molecule has 12 heavy (non-hydrogen) atoms. The highest BCUT2D eigenvalue weighted by Crippen LogP contribution is 2.20. The highest BCUT2D eigenvalue weighted by Gasteiger charge is 2.28. The van der Waals surface area contributed by atoms with Crippen molar-refractivity contribution in [2.75, 3.05) is 0 Å². The van der Waals surface area contributed by atoms with Crippen LogP contribution in [0.4, 0.5) is 13.2 Å². The number of aryl methyl sites for hydroxylation is 1. The lowest BCUT2D eigenvalue weighted by molar-refractivity contribution is -0.127.